The second-order valence-corrected chi connectivity index (χ2v) is 6.70. The number of hydrogen-bond donors (Lipinski definition) is 1. The Labute approximate surface area is 156 Å². The van der Waals surface area contributed by atoms with Gasteiger partial charge in [-0.2, -0.15) is 5.10 Å². The van der Waals surface area contributed by atoms with Crippen LogP contribution in [0.2, 0.25) is 5.02 Å². The summed E-state index contributed by atoms with van der Waals surface area (Å²) >= 11 is 5.85. The highest BCUT2D eigenvalue weighted by Gasteiger charge is 2.28. The molecule has 0 saturated heterocycles. The van der Waals surface area contributed by atoms with Crippen LogP contribution in [0.1, 0.15) is 24.5 Å². The van der Waals surface area contributed by atoms with E-state index in [4.69, 9.17) is 16.3 Å². The zero-order chi connectivity index (χ0) is 17.9. The third-order valence-corrected chi connectivity index (χ3v) is 4.43. The first kappa shape index (κ1) is 16.7. The maximum atomic E-state index is 12.3. The smallest absolute Gasteiger partial charge is 0.263 e. The first-order chi connectivity index (χ1) is 12.7. The van der Waals surface area contributed by atoms with Crippen molar-refractivity contribution in [2.24, 2.45) is 0 Å². The Morgan fingerprint density at radius 1 is 1.15 bits per heavy atom. The van der Waals surface area contributed by atoms with Crippen LogP contribution in [0.3, 0.4) is 0 Å². The van der Waals surface area contributed by atoms with Gasteiger partial charge in [0.1, 0.15) is 11.6 Å². The van der Waals surface area contributed by atoms with E-state index in [1.165, 1.54) is 0 Å². The van der Waals surface area contributed by atoms with Crippen LogP contribution in [0.15, 0.2) is 60.7 Å². The van der Waals surface area contributed by atoms with E-state index in [1.54, 1.807) is 28.9 Å². The van der Waals surface area contributed by atoms with Gasteiger partial charge in [0.15, 0.2) is 6.61 Å². The Morgan fingerprint density at radius 2 is 1.88 bits per heavy atom. The number of carbonyl (C=O) groups excluding carboxylic acids is 1. The number of para-hydroxylation sites is 1. The minimum absolute atomic E-state index is 0.0830. The number of benzene rings is 2. The van der Waals surface area contributed by atoms with E-state index >= 15 is 0 Å². The Balaban J connectivity index is 1.48. The Bertz CT molecular complexity index is 903. The third-order valence-electron chi connectivity index (χ3n) is 4.18. The van der Waals surface area contributed by atoms with E-state index in [0.29, 0.717) is 22.5 Å². The largest absolute Gasteiger partial charge is 0.484 e. The second kappa shape index (κ2) is 7.22. The number of ether oxygens (including phenoxy) is 1. The number of hydrogen-bond acceptors (Lipinski definition) is 3. The number of nitrogens with one attached hydrogen (secondary N) is 1. The number of rotatable bonds is 6. The fourth-order valence-electron chi connectivity index (χ4n) is 2.69. The van der Waals surface area contributed by atoms with Crippen molar-refractivity contribution in [3.8, 4) is 11.4 Å². The van der Waals surface area contributed by atoms with Gasteiger partial charge in [-0.1, -0.05) is 29.8 Å². The van der Waals surface area contributed by atoms with E-state index in [-0.39, 0.29) is 12.5 Å². The van der Waals surface area contributed by atoms with E-state index in [0.717, 1.165) is 24.2 Å². The number of aromatic nitrogens is 2. The van der Waals surface area contributed by atoms with E-state index in [9.17, 15) is 4.79 Å². The van der Waals surface area contributed by atoms with Gasteiger partial charge in [0.2, 0.25) is 0 Å². The SMILES string of the molecule is O=C(COc1ccc(Cl)cc1)Nc1cc(C2CC2)nn1-c1ccccc1. The molecule has 3 aromatic rings. The lowest BCUT2D eigenvalue weighted by molar-refractivity contribution is -0.118. The predicted octanol–water partition coefficient (Wildman–Crippen LogP) is 4.42. The topological polar surface area (TPSA) is 56.1 Å². The lowest BCUT2D eigenvalue weighted by atomic mass is 10.3. The summed E-state index contributed by atoms with van der Waals surface area (Å²) in [5.41, 5.74) is 1.93. The number of carbonyl (C=O) groups is 1. The van der Waals surface area contributed by atoms with Crippen molar-refractivity contribution in [2.75, 3.05) is 11.9 Å². The van der Waals surface area contributed by atoms with Gasteiger partial charge in [-0.15, -0.1) is 0 Å². The van der Waals surface area contributed by atoms with Crippen LogP contribution in [-0.4, -0.2) is 22.3 Å². The molecule has 0 aliphatic heterocycles. The molecule has 6 heteroatoms. The molecule has 1 fully saturated rings. The summed E-state index contributed by atoms with van der Waals surface area (Å²) in [6.45, 7) is -0.0830. The van der Waals surface area contributed by atoms with Gasteiger partial charge < -0.3 is 10.1 Å². The van der Waals surface area contributed by atoms with Gasteiger partial charge in [0, 0.05) is 17.0 Å². The van der Waals surface area contributed by atoms with Crippen molar-refractivity contribution in [2.45, 2.75) is 18.8 Å². The summed E-state index contributed by atoms with van der Waals surface area (Å²) in [7, 11) is 0. The number of nitrogens with zero attached hydrogens (tertiary/aromatic N) is 2. The molecule has 1 N–H and O–H groups in total. The molecule has 0 unspecified atom stereocenters. The van der Waals surface area contributed by atoms with E-state index < -0.39 is 0 Å². The quantitative estimate of drug-likeness (QED) is 0.701. The number of amides is 1. The van der Waals surface area contributed by atoms with E-state index in [1.807, 2.05) is 36.4 Å². The maximum Gasteiger partial charge on any atom is 0.263 e. The molecule has 2 aromatic carbocycles. The van der Waals surface area contributed by atoms with Crippen molar-refractivity contribution in [3.63, 3.8) is 0 Å². The van der Waals surface area contributed by atoms with Crippen LogP contribution in [-0.2, 0) is 4.79 Å². The molecular formula is C20H18ClN3O2. The predicted molar refractivity (Wildman–Crippen MR) is 101 cm³/mol. The standard InChI is InChI=1S/C20H18ClN3O2/c21-15-8-10-17(11-9-15)26-13-20(25)22-19-12-18(14-6-7-14)23-24(19)16-4-2-1-3-5-16/h1-5,8-12,14H,6-7,13H2,(H,22,25). The van der Waals surface area contributed by atoms with Crippen LogP contribution in [0.5, 0.6) is 5.75 Å². The molecule has 0 radical (unpaired) electrons. The zero-order valence-corrected chi connectivity index (χ0v) is 14.8. The van der Waals surface area contributed by atoms with Gasteiger partial charge in [-0.25, -0.2) is 4.68 Å². The molecular weight excluding hydrogens is 350 g/mol. The molecule has 26 heavy (non-hydrogen) atoms. The molecule has 1 aliphatic rings. The zero-order valence-electron chi connectivity index (χ0n) is 14.1. The van der Waals surface area contributed by atoms with Gasteiger partial charge in [0.05, 0.1) is 11.4 Å². The minimum atomic E-state index is -0.237. The molecule has 1 saturated carbocycles. The summed E-state index contributed by atoms with van der Waals surface area (Å²) in [6, 6.07) is 18.6. The molecule has 4 rings (SSSR count). The molecule has 1 heterocycles. The lowest BCUT2D eigenvalue weighted by Gasteiger charge is -2.10. The minimum Gasteiger partial charge on any atom is -0.484 e. The van der Waals surface area contributed by atoms with Crippen LogP contribution in [0, 0.1) is 0 Å². The lowest BCUT2D eigenvalue weighted by Crippen LogP contribution is -2.21. The van der Waals surface area contributed by atoms with Gasteiger partial charge in [-0.3, -0.25) is 4.79 Å². The molecule has 1 aromatic heterocycles. The summed E-state index contributed by atoms with van der Waals surface area (Å²) in [5, 5.41) is 8.20. The van der Waals surface area contributed by atoms with Crippen LogP contribution < -0.4 is 10.1 Å². The van der Waals surface area contributed by atoms with Crippen molar-refractivity contribution in [3.05, 3.63) is 71.4 Å². The molecule has 0 atom stereocenters. The van der Waals surface area contributed by atoms with Gasteiger partial charge in [0.25, 0.3) is 5.91 Å². The summed E-state index contributed by atoms with van der Waals surface area (Å²) in [5.74, 6) is 1.52. The van der Waals surface area contributed by atoms with Gasteiger partial charge >= 0.3 is 0 Å². The molecule has 5 nitrogen and oxygen atoms in total. The molecule has 132 valence electrons. The summed E-state index contributed by atoms with van der Waals surface area (Å²) in [6.07, 6.45) is 2.30. The van der Waals surface area contributed by atoms with Crippen LogP contribution >= 0.6 is 11.6 Å². The Morgan fingerprint density at radius 3 is 2.58 bits per heavy atom. The normalized spacial score (nSPS) is 13.4. The number of anilines is 1. The van der Waals surface area contributed by atoms with E-state index in [2.05, 4.69) is 10.4 Å². The first-order valence-corrected chi connectivity index (χ1v) is 8.90. The van der Waals surface area contributed by atoms with Crippen molar-refractivity contribution < 1.29 is 9.53 Å². The number of halogens is 1. The van der Waals surface area contributed by atoms with Crippen LogP contribution in [0.4, 0.5) is 5.82 Å². The Hall–Kier alpha value is -2.79. The van der Waals surface area contributed by atoms with Crippen molar-refractivity contribution in [1.82, 2.24) is 9.78 Å². The third kappa shape index (κ3) is 3.89. The first-order valence-electron chi connectivity index (χ1n) is 8.52. The average molecular weight is 368 g/mol. The summed E-state index contributed by atoms with van der Waals surface area (Å²) < 4.78 is 7.28. The Kier molecular flexibility index (Phi) is 4.63. The molecule has 0 bridgehead atoms. The monoisotopic (exact) mass is 367 g/mol. The molecule has 1 aliphatic carbocycles. The van der Waals surface area contributed by atoms with Gasteiger partial charge in [-0.05, 0) is 49.2 Å². The fourth-order valence-corrected chi connectivity index (χ4v) is 2.82. The highest BCUT2D eigenvalue weighted by Crippen LogP contribution is 2.40. The second-order valence-electron chi connectivity index (χ2n) is 6.27. The summed E-state index contributed by atoms with van der Waals surface area (Å²) in [4.78, 5) is 12.3. The van der Waals surface area contributed by atoms with Crippen molar-refractivity contribution >= 4 is 23.3 Å². The average Bonchev–Trinajstić information content (AvgIpc) is 3.43. The van der Waals surface area contributed by atoms with Crippen molar-refractivity contribution in [1.29, 1.82) is 0 Å². The van der Waals surface area contributed by atoms with Crippen LogP contribution in [0.25, 0.3) is 5.69 Å². The molecule has 0 spiro atoms. The molecule has 1 amide bonds. The highest BCUT2D eigenvalue weighted by atomic mass is 35.5. The highest BCUT2D eigenvalue weighted by molar-refractivity contribution is 6.30. The maximum absolute atomic E-state index is 12.3. The fraction of sp³-hybridized carbons (Fsp3) is 0.200.